The number of hydrogen-bond donors (Lipinski definition) is 1. The molecule has 1 saturated heterocycles. The highest BCUT2D eigenvalue weighted by Gasteiger charge is 2.22. The molecule has 2 aromatic rings. The number of aryl methyl sites for hydroxylation is 1. The molecule has 150 valence electrons. The van der Waals surface area contributed by atoms with Crippen molar-refractivity contribution < 1.29 is 18.8 Å². The van der Waals surface area contributed by atoms with Crippen LogP contribution in [0, 0.1) is 0 Å². The predicted octanol–water partition coefficient (Wildman–Crippen LogP) is -0.828. The minimum atomic E-state index is -0.706. The average molecular weight is 389 g/mol. The number of aromatic nitrogens is 4. The summed E-state index contributed by atoms with van der Waals surface area (Å²) < 4.78 is 12.3. The van der Waals surface area contributed by atoms with Crippen LogP contribution in [0.15, 0.2) is 10.6 Å². The first-order chi connectivity index (χ1) is 13.6. The molecule has 0 radical (unpaired) electrons. The van der Waals surface area contributed by atoms with Gasteiger partial charge < -0.3 is 19.9 Å². The summed E-state index contributed by atoms with van der Waals surface area (Å²) in [5.74, 6) is -0.303. The molecule has 0 atom stereocenters. The zero-order chi connectivity index (χ0) is 19.5. The van der Waals surface area contributed by atoms with Crippen molar-refractivity contribution in [2.45, 2.75) is 32.5 Å². The second kappa shape index (κ2) is 8.07. The number of nitrogens with two attached hydrogens (primary N) is 1. The Balaban J connectivity index is 1.31. The summed E-state index contributed by atoms with van der Waals surface area (Å²) in [5, 5.41) is 8.18. The summed E-state index contributed by atoms with van der Waals surface area (Å²) in [4.78, 5) is 31.3. The van der Waals surface area contributed by atoms with Crippen LogP contribution in [0.25, 0.3) is 0 Å². The summed E-state index contributed by atoms with van der Waals surface area (Å²) in [6.45, 7) is 5.19. The Morgan fingerprint density at radius 3 is 2.75 bits per heavy atom. The molecule has 2 aliphatic heterocycles. The third kappa shape index (κ3) is 4.20. The van der Waals surface area contributed by atoms with E-state index in [9.17, 15) is 9.59 Å². The number of hydrogen-bond acceptors (Lipinski definition) is 8. The number of amides is 2. The second-order valence-electron chi connectivity index (χ2n) is 6.93. The second-order valence-corrected chi connectivity index (χ2v) is 6.93. The molecule has 4 heterocycles. The molecule has 2 aliphatic rings. The third-order valence-corrected chi connectivity index (χ3v) is 4.93. The van der Waals surface area contributed by atoms with Crippen molar-refractivity contribution >= 4 is 11.8 Å². The van der Waals surface area contributed by atoms with Crippen LogP contribution in [-0.2, 0) is 35.6 Å². The van der Waals surface area contributed by atoms with Crippen LogP contribution in [0.4, 0.5) is 0 Å². The minimum absolute atomic E-state index is 0.107. The molecule has 0 unspecified atom stereocenters. The van der Waals surface area contributed by atoms with Gasteiger partial charge in [0.2, 0.25) is 11.8 Å². The highest BCUT2D eigenvalue weighted by atomic mass is 16.5. The van der Waals surface area contributed by atoms with Crippen molar-refractivity contribution in [3.8, 4) is 0 Å². The summed E-state index contributed by atoms with van der Waals surface area (Å²) in [6.07, 6.45) is 1.08. The van der Waals surface area contributed by atoms with E-state index in [1.165, 1.54) is 0 Å². The fraction of sp³-hybridized carbons (Fsp3) is 0.588. The molecule has 2 aromatic heterocycles. The van der Waals surface area contributed by atoms with E-state index in [1.807, 2.05) is 15.6 Å². The Morgan fingerprint density at radius 2 is 2.00 bits per heavy atom. The SMILES string of the molecule is NC(=O)c1noc(CN2CCn3nc(CCC(=O)N4CCOCC4)cc3C2)n1. The minimum Gasteiger partial charge on any atom is -0.378 e. The lowest BCUT2D eigenvalue weighted by Crippen LogP contribution is -2.40. The summed E-state index contributed by atoms with van der Waals surface area (Å²) in [6, 6.07) is 2.04. The first-order valence-corrected chi connectivity index (χ1v) is 9.34. The lowest BCUT2D eigenvalue weighted by atomic mass is 10.2. The molecule has 0 aliphatic carbocycles. The lowest BCUT2D eigenvalue weighted by molar-refractivity contribution is -0.135. The van der Waals surface area contributed by atoms with Gasteiger partial charge in [0.05, 0.1) is 37.7 Å². The van der Waals surface area contributed by atoms with Crippen LogP contribution in [0.1, 0.15) is 34.3 Å². The van der Waals surface area contributed by atoms with Gasteiger partial charge in [0.25, 0.3) is 11.7 Å². The quantitative estimate of drug-likeness (QED) is 0.677. The van der Waals surface area contributed by atoms with Gasteiger partial charge in [-0.25, -0.2) is 0 Å². The van der Waals surface area contributed by atoms with Gasteiger partial charge in [-0.3, -0.25) is 19.2 Å². The number of rotatable bonds is 6. The van der Waals surface area contributed by atoms with Crippen molar-refractivity contribution in [2.75, 3.05) is 32.8 Å². The first-order valence-electron chi connectivity index (χ1n) is 9.34. The van der Waals surface area contributed by atoms with Crippen molar-refractivity contribution in [1.82, 2.24) is 29.7 Å². The molecule has 0 aromatic carbocycles. The van der Waals surface area contributed by atoms with E-state index in [0.717, 1.165) is 24.5 Å². The van der Waals surface area contributed by atoms with Gasteiger partial charge in [-0.2, -0.15) is 10.1 Å². The maximum atomic E-state index is 12.3. The fourth-order valence-corrected chi connectivity index (χ4v) is 3.45. The summed E-state index contributed by atoms with van der Waals surface area (Å²) in [5.41, 5.74) is 7.14. The topological polar surface area (TPSA) is 133 Å². The number of primary amides is 1. The van der Waals surface area contributed by atoms with Crippen LogP contribution in [0.3, 0.4) is 0 Å². The standard InChI is InChI=1S/C17H23N7O4/c18-16(26)17-19-14(28-21-17)11-22-3-4-24-13(10-22)9-12(20-24)1-2-15(25)23-5-7-27-8-6-23/h9H,1-8,10-11H2,(H2,18,26). The van der Waals surface area contributed by atoms with Gasteiger partial charge in [0.15, 0.2) is 0 Å². The molecule has 2 amide bonds. The molecule has 28 heavy (non-hydrogen) atoms. The Labute approximate surface area is 161 Å². The number of nitrogens with zero attached hydrogens (tertiary/aromatic N) is 6. The number of carbonyl (C=O) groups is 2. The van der Waals surface area contributed by atoms with E-state index in [0.29, 0.717) is 58.1 Å². The van der Waals surface area contributed by atoms with E-state index in [1.54, 1.807) is 0 Å². The van der Waals surface area contributed by atoms with E-state index in [4.69, 9.17) is 15.0 Å². The van der Waals surface area contributed by atoms with Crippen LogP contribution in [0.5, 0.6) is 0 Å². The van der Waals surface area contributed by atoms with Crippen LogP contribution < -0.4 is 5.73 Å². The van der Waals surface area contributed by atoms with Gasteiger partial charge in [-0.1, -0.05) is 5.16 Å². The molecular formula is C17H23N7O4. The van der Waals surface area contributed by atoms with Crippen LogP contribution in [-0.4, -0.2) is 74.4 Å². The average Bonchev–Trinajstić information content (AvgIpc) is 3.33. The fourth-order valence-electron chi connectivity index (χ4n) is 3.45. The van der Waals surface area contributed by atoms with Gasteiger partial charge in [-0.05, 0) is 6.07 Å². The van der Waals surface area contributed by atoms with E-state index in [2.05, 4.69) is 20.1 Å². The number of fused-ring (bicyclic) bond motifs is 1. The molecule has 1 fully saturated rings. The van der Waals surface area contributed by atoms with Crippen molar-refractivity contribution in [3.05, 3.63) is 29.2 Å². The van der Waals surface area contributed by atoms with Gasteiger partial charge in [-0.15, -0.1) is 0 Å². The molecule has 4 rings (SSSR count). The molecule has 0 saturated carbocycles. The van der Waals surface area contributed by atoms with Crippen molar-refractivity contribution in [2.24, 2.45) is 5.73 Å². The molecule has 11 heteroatoms. The first kappa shape index (κ1) is 18.6. The number of ether oxygens (including phenoxy) is 1. The van der Waals surface area contributed by atoms with Crippen molar-refractivity contribution in [3.63, 3.8) is 0 Å². The largest absolute Gasteiger partial charge is 0.378 e. The Kier molecular flexibility index (Phi) is 5.35. The van der Waals surface area contributed by atoms with Crippen LogP contribution in [0.2, 0.25) is 0 Å². The zero-order valence-corrected chi connectivity index (χ0v) is 15.5. The zero-order valence-electron chi connectivity index (χ0n) is 15.5. The van der Waals surface area contributed by atoms with Crippen molar-refractivity contribution in [1.29, 1.82) is 0 Å². The highest BCUT2D eigenvalue weighted by Crippen LogP contribution is 2.17. The molecular weight excluding hydrogens is 366 g/mol. The normalized spacial score (nSPS) is 17.5. The predicted molar refractivity (Wildman–Crippen MR) is 94.9 cm³/mol. The Bertz CT molecular complexity index is 856. The maximum absolute atomic E-state index is 12.3. The summed E-state index contributed by atoms with van der Waals surface area (Å²) in [7, 11) is 0. The number of morpholine rings is 1. The Morgan fingerprint density at radius 1 is 1.18 bits per heavy atom. The third-order valence-electron chi connectivity index (χ3n) is 4.93. The summed E-state index contributed by atoms with van der Waals surface area (Å²) >= 11 is 0. The smallest absolute Gasteiger partial charge is 0.290 e. The number of carbonyl (C=O) groups excluding carboxylic acids is 2. The molecule has 11 nitrogen and oxygen atoms in total. The highest BCUT2D eigenvalue weighted by molar-refractivity contribution is 5.88. The Hall–Kier alpha value is -2.79. The lowest BCUT2D eigenvalue weighted by Gasteiger charge is -2.26. The van der Waals surface area contributed by atoms with E-state index >= 15 is 0 Å². The van der Waals surface area contributed by atoms with Gasteiger partial charge in [0, 0.05) is 39.0 Å². The van der Waals surface area contributed by atoms with Gasteiger partial charge in [0.1, 0.15) is 0 Å². The van der Waals surface area contributed by atoms with E-state index in [-0.39, 0.29) is 11.7 Å². The maximum Gasteiger partial charge on any atom is 0.290 e. The van der Waals surface area contributed by atoms with E-state index < -0.39 is 5.91 Å². The molecule has 0 spiro atoms. The molecule has 0 bridgehead atoms. The van der Waals surface area contributed by atoms with Crippen LogP contribution >= 0.6 is 0 Å². The van der Waals surface area contributed by atoms with Gasteiger partial charge >= 0.3 is 0 Å². The monoisotopic (exact) mass is 389 g/mol. The molecule has 2 N–H and O–H groups in total.